The van der Waals surface area contributed by atoms with Crippen molar-refractivity contribution in [2.75, 3.05) is 18.6 Å². The molecule has 0 radical (unpaired) electrons. The van der Waals surface area contributed by atoms with Gasteiger partial charge in [-0.15, -0.1) is 0 Å². The normalized spacial score (nSPS) is 12.3. The van der Waals surface area contributed by atoms with Crippen LogP contribution in [0.4, 0.5) is 5.69 Å². The minimum Gasteiger partial charge on any atom is -0.394 e. The van der Waals surface area contributed by atoms with E-state index in [1.54, 1.807) is 6.07 Å². The van der Waals surface area contributed by atoms with Crippen molar-refractivity contribution in [1.82, 2.24) is 0 Å². The molecule has 1 aromatic carbocycles. The van der Waals surface area contributed by atoms with E-state index in [2.05, 4.69) is 15.9 Å². The van der Waals surface area contributed by atoms with Gasteiger partial charge in [-0.05, 0) is 41.1 Å². The zero-order valence-corrected chi connectivity index (χ0v) is 10.4. The summed E-state index contributed by atoms with van der Waals surface area (Å²) in [5.41, 5.74) is 1.60. The van der Waals surface area contributed by atoms with Crippen LogP contribution in [-0.2, 0) is 0 Å². The molecule has 1 rings (SSSR count). The fraction of sp³-hybridized carbons (Fsp3) is 0.364. The van der Waals surface area contributed by atoms with E-state index in [-0.39, 0.29) is 12.6 Å². The minimum atomic E-state index is 0.0546. The van der Waals surface area contributed by atoms with Gasteiger partial charge >= 0.3 is 0 Å². The largest absolute Gasteiger partial charge is 0.394 e. The molecule has 0 spiro atoms. The van der Waals surface area contributed by atoms with Crippen LogP contribution in [0.1, 0.15) is 17.3 Å². The van der Waals surface area contributed by atoms with Gasteiger partial charge < -0.3 is 10.0 Å². The average Bonchev–Trinajstić information content (AvgIpc) is 2.26. The van der Waals surface area contributed by atoms with Crippen molar-refractivity contribution < 1.29 is 9.90 Å². The Morgan fingerprint density at radius 3 is 2.73 bits per heavy atom. The number of halogens is 1. The van der Waals surface area contributed by atoms with E-state index in [0.717, 1.165) is 16.4 Å². The molecule has 0 saturated heterocycles. The number of aliphatic hydroxyl groups is 1. The van der Waals surface area contributed by atoms with E-state index >= 15 is 0 Å². The molecule has 15 heavy (non-hydrogen) atoms. The number of hydrogen-bond donors (Lipinski definition) is 1. The average molecular weight is 272 g/mol. The molecule has 0 aromatic heterocycles. The van der Waals surface area contributed by atoms with E-state index in [9.17, 15) is 4.79 Å². The summed E-state index contributed by atoms with van der Waals surface area (Å²) >= 11 is 3.33. The van der Waals surface area contributed by atoms with Gasteiger partial charge in [0.2, 0.25) is 0 Å². The van der Waals surface area contributed by atoms with Gasteiger partial charge in [0, 0.05) is 28.8 Å². The van der Waals surface area contributed by atoms with Crippen LogP contribution in [0.5, 0.6) is 0 Å². The summed E-state index contributed by atoms with van der Waals surface area (Å²) in [6, 6.07) is 5.54. The molecular weight excluding hydrogens is 258 g/mol. The molecule has 1 aromatic rings. The number of nitrogens with zero attached hydrogens (tertiary/aromatic N) is 1. The molecule has 0 amide bonds. The highest BCUT2D eigenvalue weighted by molar-refractivity contribution is 9.10. The number of anilines is 1. The van der Waals surface area contributed by atoms with Crippen LogP contribution >= 0.6 is 15.9 Å². The predicted molar refractivity (Wildman–Crippen MR) is 64.5 cm³/mol. The molecule has 0 heterocycles. The van der Waals surface area contributed by atoms with Crippen LogP contribution < -0.4 is 4.90 Å². The molecular formula is C11H14BrNO2. The molecule has 4 heteroatoms. The number of hydrogen-bond acceptors (Lipinski definition) is 3. The summed E-state index contributed by atoms with van der Waals surface area (Å²) in [6.07, 6.45) is 0.809. The first-order valence-corrected chi connectivity index (χ1v) is 5.48. The fourth-order valence-electron chi connectivity index (χ4n) is 1.21. The van der Waals surface area contributed by atoms with Gasteiger partial charge in [-0.2, -0.15) is 0 Å². The summed E-state index contributed by atoms with van der Waals surface area (Å²) in [5, 5.41) is 9.03. The lowest BCUT2D eigenvalue weighted by Gasteiger charge is -2.25. The van der Waals surface area contributed by atoms with E-state index in [4.69, 9.17) is 5.11 Å². The Labute approximate surface area is 97.8 Å². The summed E-state index contributed by atoms with van der Waals surface area (Å²) < 4.78 is 0.770. The number of likely N-dealkylation sites (N-methyl/N-ethyl adjacent to an activating group) is 1. The van der Waals surface area contributed by atoms with Crippen LogP contribution in [0.15, 0.2) is 22.7 Å². The molecule has 0 saturated carbocycles. The van der Waals surface area contributed by atoms with E-state index < -0.39 is 0 Å². The first-order valence-electron chi connectivity index (χ1n) is 4.68. The Bertz CT molecular complexity index is 354. The van der Waals surface area contributed by atoms with Crippen LogP contribution in [0.25, 0.3) is 0 Å². The molecule has 1 atom stereocenters. The predicted octanol–water partition coefficient (Wildman–Crippen LogP) is 2.08. The lowest BCUT2D eigenvalue weighted by Crippen LogP contribution is -2.31. The highest BCUT2D eigenvalue weighted by Crippen LogP contribution is 2.23. The first-order chi connectivity index (χ1) is 7.10. The molecule has 0 aliphatic heterocycles. The number of aldehydes is 1. The van der Waals surface area contributed by atoms with Crippen LogP contribution in [0.3, 0.4) is 0 Å². The topological polar surface area (TPSA) is 40.5 Å². The number of carbonyl (C=O) groups is 1. The molecule has 82 valence electrons. The summed E-state index contributed by atoms with van der Waals surface area (Å²) in [6.45, 7) is 2.03. The standard InChI is InChI=1S/C11H14BrNO2/c1-8(6-14)13(2)10-4-3-9(7-15)11(12)5-10/h3-5,7-8,14H,6H2,1-2H3. The Balaban J connectivity index is 2.96. The van der Waals surface area contributed by atoms with Crippen molar-refractivity contribution in [1.29, 1.82) is 0 Å². The van der Waals surface area contributed by atoms with E-state index in [0.29, 0.717) is 5.56 Å². The zero-order chi connectivity index (χ0) is 11.4. The Hall–Kier alpha value is -0.870. The number of aliphatic hydroxyl groups excluding tert-OH is 1. The van der Waals surface area contributed by atoms with Gasteiger partial charge in [0.15, 0.2) is 6.29 Å². The van der Waals surface area contributed by atoms with E-state index in [1.165, 1.54) is 0 Å². The summed E-state index contributed by atoms with van der Waals surface area (Å²) in [4.78, 5) is 12.6. The van der Waals surface area contributed by atoms with Gasteiger partial charge in [-0.25, -0.2) is 0 Å². The summed E-state index contributed by atoms with van der Waals surface area (Å²) in [7, 11) is 1.91. The van der Waals surface area contributed by atoms with Crippen molar-refractivity contribution in [3.05, 3.63) is 28.2 Å². The smallest absolute Gasteiger partial charge is 0.151 e. The molecule has 1 N–H and O–H groups in total. The lowest BCUT2D eigenvalue weighted by molar-refractivity contribution is 0.112. The second-order valence-electron chi connectivity index (χ2n) is 3.47. The summed E-state index contributed by atoms with van der Waals surface area (Å²) in [5.74, 6) is 0. The molecule has 0 bridgehead atoms. The van der Waals surface area contributed by atoms with Crippen molar-refractivity contribution in [3.8, 4) is 0 Å². The highest BCUT2D eigenvalue weighted by atomic mass is 79.9. The van der Waals surface area contributed by atoms with Gasteiger partial charge in [0.05, 0.1) is 6.61 Å². The lowest BCUT2D eigenvalue weighted by atomic mass is 10.2. The maximum Gasteiger partial charge on any atom is 0.151 e. The number of rotatable bonds is 4. The highest BCUT2D eigenvalue weighted by Gasteiger charge is 2.09. The third kappa shape index (κ3) is 2.79. The monoisotopic (exact) mass is 271 g/mol. The zero-order valence-electron chi connectivity index (χ0n) is 8.77. The second kappa shape index (κ2) is 5.28. The van der Waals surface area contributed by atoms with Gasteiger partial charge in [-0.1, -0.05) is 0 Å². The van der Waals surface area contributed by atoms with Crippen LogP contribution in [0.2, 0.25) is 0 Å². The maximum atomic E-state index is 10.6. The second-order valence-corrected chi connectivity index (χ2v) is 4.32. The fourth-order valence-corrected chi connectivity index (χ4v) is 1.67. The molecule has 0 aliphatic rings. The Morgan fingerprint density at radius 1 is 1.60 bits per heavy atom. The van der Waals surface area contributed by atoms with Crippen LogP contribution in [-0.4, -0.2) is 31.1 Å². The Kier molecular flexibility index (Phi) is 4.29. The van der Waals surface area contributed by atoms with Crippen molar-refractivity contribution in [2.45, 2.75) is 13.0 Å². The molecule has 3 nitrogen and oxygen atoms in total. The van der Waals surface area contributed by atoms with Gasteiger partial charge in [0.25, 0.3) is 0 Å². The quantitative estimate of drug-likeness (QED) is 0.853. The maximum absolute atomic E-state index is 10.6. The molecule has 0 fully saturated rings. The third-order valence-electron chi connectivity index (χ3n) is 2.44. The molecule has 1 unspecified atom stereocenters. The number of benzene rings is 1. The molecule has 0 aliphatic carbocycles. The van der Waals surface area contributed by atoms with Gasteiger partial charge in [-0.3, -0.25) is 4.79 Å². The van der Waals surface area contributed by atoms with Crippen molar-refractivity contribution in [2.24, 2.45) is 0 Å². The van der Waals surface area contributed by atoms with Crippen molar-refractivity contribution >= 4 is 27.9 Å². The first kappa shape index (κ1) is 12.2. The van der Waals surface area contributed by atoms with Crippen molar-refractivity contribution in [3.63, 3.8) is 0 Å². The Morgan fingerprint density at radius 2 is 2.27 bits per heavy atom. The van der Waals surface area contributed by atoms with Gasteiger partial charge in [0.1, 0.15) is 0 Å². The SMILES string of the molecule is CC(CO)N(C)c1ccc(C=O)c(Br)c1. The third-order valence-corrected chi connectivity index (χ3v) is 3.13. The van der Waals surface area contributed by atoms with Crippen LogP contribution in [0, 0.1) is 0 Å². The minimum absolute atomic E-state index is 0.0546. The van der Waals surface area contributed by atoms with E-state index in [1.807, 2.05) is 31.0 Å². The number of carbonyl (C=O) groups excluding carboxylic acids is 1.